The maximum atomic E-state index is 3.90. The number of hydrogen-bond donors (Lipinski definition) is 1. The van der Waals surface area contributed by atoms with Gasteiger partial charge in [0, 0.05) is 12.1 Å². The molecule has 1 aromatic carbocycles. The van der Waals surface area contributed by atoms with Crippen LogP contribution in [-0.2, 0) is 0 Å². The highest BCUT2D eigenvalue weighted by atomic mass is 15.0. The highest BCUT2D eigenvalue weighted by molar-refractivity contribution is 5.26. The van der Waals surface area contributed by atoms with Crippen molar-refractivity contribution in [2.24, 2.45) is 0 Å². The van der Waals surface area contributed by atoms with E-state index in [0.717, 1.165) is 18.0 Å². The molecule has 20 heavy (non-hydrogen) atoms. The quantitative estimate of drug-likeness (QED) is 0.687. The van der Waals surface area contributed by atoms with Gasteiger partial charge in [-0.1, -0.05) is 62.9 Å². The maximum Gasteiger partial charge on any atom is 0.00813 e. The molecule has 1 aliphatic carbocycles. The maximum absolute atomic E-state index is 3.90. The number of aryl methyl sites for hydroxylation is 1. The van der Waals surface area contributed by atoms with Gasteiger partial charge in [-0.05, 0) is 44.1 Å². The van der Waals surface area contributed by atoms with Crippen molar-refractivity contribution in [2.45, 2.75) is 83.7 Å². The third-order valence-electron chi connectivity index (χ3n) is 4.70. The smallest absolute Gasteiger partial charge is 0.00813 e. The Bertz CT molecular complexity index is 375. The van der Waals surface area contributed by atoms with Crippen molar-refractivity contribution in [3.05, 3.63) is 35.4 Å². The van der Waals surface area contributed by atoms with Crippen LogP contribution in [0.5, 0.6) is 0 Å². The Morgan fingerprint density at radius 3 is 2.35 bits per heavy atom. The molecular formula is C19H31N. The van der Waals surface area contributed by atoms with Gasteiger partial charge in [-0.3, -0.25) is 0 Å². The molecule has 0 bridgehead atoms. The molecule has 0 aliphatic heterocycles. The molecule has 1 heteroatoms. The van der Waals surface area contributed by atoms with E-state index in [4.69, 9.17) is 0 Å². The summed E-state index contributed by atoms with van der Waals surface area (Å²) in [5.41, 5.74) is 2.90. The summed E-state index contributed by atoms with van der Waals surface area (Å²) in [5.74, 6) is 0.793. The van der Waals surface area contributed by atoms with E-state index in [9.17, 15) is 0 Å². The highest BCUT2D eigenvalue weighted by Gasteiger charge is 2.31. The second-order valence-corrected chi connectivity index (χ2v) is 6.57. The first-order chi connectivity index (χ1) is 9.72. The average molecular weight is 273 g/mol. The van der Waals surface area contributed by atoms with Crippen LogP contribution >= 0.6 is 0 Å². The van der Waals surface area contributed by atoms with Gasteiger partial charge >= 0.3 is 0 Å². The molecule has 1 atom stereocenters. The zero-order valence-electron chi connectivity index (χ0n) is 13.5. The molecule has 1 aromatic rings. The van der Waals surface area contributed by atoms with Crippen LogP contribution in [0.3, 0.4) is 0 Å². The Morgan fingerprint density at radius 1 is 1.05 bits per heavy atom. The minimum atomic E-state index is 0.754. The Morgan fingerprint density at radius 2 is 1.75 bits per heavy atom. The standard InChI is InChI=1S/C19H31N/c1-4-6-8-18(7-5-2)20-19-13-17(14-19)16-11-9-15(3)10-12-16/h9-12,17-20H,4-8,13-14H2,1-3H3. The number of rotatable bonds is 8. The zero-order valence-corrected chi connectivity index (χ0v) is 13.5. The van der Waals surface area contributed by atoms with Crippen molar-refractivity contribution < 1.29 is 0 Å². The Kier molecular flexibility index (Phi) is 6.09. The largest absolute Gasteiger partial charge is 0.311 e. The lowest BCUT2D eigenvalue weighted by Crippen LogP contribution is -2.45. The second kappa shape index (κ2) is 7.83. The normalized spacial score (nSPS) is 23.4. The van der Waals surface area contributed by atoms with Crippen molar-refractivity contribution in [2.75, 3.05) is 0 Å². The summed E-state index contributed by atoms with van der Waals surface area (Å²) in [5, 5.41) is 3.90. The third kappa shape index (κ3) is 4.34. The fraction of sp³-hybridized carbons (Fsp3) is 0.684. The van der Waals surface area contributed by atoms with Crippen LogP contribution in [0.1, 0.15) is 75.8 Å². The summed E-state index contributed by atoms with van der Waals surface area (Å²) in [4.78, 5) is 0. The summed E-state index contributed by atoms with van der Waals surface area (Å²) in [7, 11) is 0. The van der Waals surface area contributed by atoms with E-state index in [2.05, 4.69) is 50.4 Å². The first kappa shape index (κ1) is 15.6. The van der Waals surface area contributed by atoms with Crippen LogP contribution < -0.4 is 5.32 Å². The SMILES string of the molecule is CCCCC(CCC)NC1CC(c2ccc(C)cc2)C1. The monoisotopic (exact) mass is 273 g/mol. The molecule has 0 spiro atoms. The second-order valence-electron chi connectivity index (χ2n) is 6.57. The lowest BCUT2D eigenvalue weighted by atomic mass is 9.75. The van der Waals surface area contributed by atoms with E-state index in [-0.39, 0.29) is 0 Å². The summed E-state index contributed by atoms with van der Waals surface area (Å²) in [6.45, 7) is 6.76. The van der Waals surface area contributed by atoms with Gasteiger partial charge in [0.25, 0.3) is 0 Å². The number of unbranched alkanes of at least 4 members (excludes halogenated alkanes) is 1. The van der Waals surface area contributed by atoms with E-state index in [1.807, 2.05) is 0 Å². The Labute approximate surface area is 125 Å². The van der Waals surface area contributed by atoms with Crippen molar-refractivity contribution in [1.82, 2.24) is 5.32 Å². The molecule has 0 aromatic heterocycles. The van der Waals surface area contributed by atoms with Gasteiger partial charge in [0.15, 0.2) is 0 Å². The van der Waals surface area contributed by atoms with Crippen LogP contribution in [0.15, 0.2) is 24.3 Å². The van der Waals surface area contributed by atoms with Gasteiger partial charge in [0.2, 0.25) is 0 Å². The predicted octanol–water partition coefficient (Wildman–Crippen LogP) is 5.19. The van der Waals surface area contributed by atoms with E-state index < -0.39 is 0 Å². The molecule has 112 valence electrons. The summed E-state index contributed by atoms with van der Waals surface area (Å²) in [6, 6.07) is 10.6. The minimum Gasteiger partial charge on any atom is -0.311 e. The van der Waals surface area contributed by atoms with Crippen molar-refractivity contribution in [3.8, 4) is 0 Å². The summed E-state index contributed by atoms with van der Waals surface area (Å²) >= 11 is 0. The highest BCUT2D eigenvalue weighted by Crippen LogP contribution is 2.37. The fourth-order valence-electron chi connectivity index (χ4n) is 3.31. The number of nitrogens with one attached hydrogen (secondary N) is 1. The van der Waals surface area contributed by atoms with Crippen molar-refractivity contribution >= 4 is 0 Å². The van der Waals surface area contributed by atoms with Crippen molar-refractivity contribution in [3.63, 3.8) is 0 Å². The van der Waals surface area contributed by atoms with Gasteiger partial charge in [0.05, 0.1) is 0 Å². The molecule has 1 unspecified atom stereocenters. The Hall–Kier alpha value is -0.820. The van der Waals surface area contributed by atoms with Gasteiger partial charge < -0.3 is 5.32 Å². The molecule has 0 heterocycles. The molecule has 2 rings (SSSR count). The topological polar surface area (TPSA) is 12.0 Å². The molecule has 0 radical (unpaired) electrons. The van der Waals surface area contributed by atoms with Crippen LogP contribution in [0.25, 0.3) is 0 Å². The van der Waals surface area contributed by atoms with Crippen LogP contribution in [0.2, 0.25) is 0 Å². The average Bonchev–Trinajstić information content (AvgIpc) is 2.41. The van der Waals surface area contributed by atoms with Crippen molar-refractivity contribution in [1.29, 1.82) is 0 Å². The predicted molar refractivity (Wildman–Crippen MR) is 88.3 cm³/mol. The van der Waals surface area contributed by atoms with Crippen LogP contribution in [-0.4, -0.2) is 12.1 Å². The molecular weight excluding hydrogens is 242 g/mol. The summed E-state index contributed by atoms with van der Waals surface area (Å²) < 4.78 is 0. The van der Waals surface area contributed by atoms with Gasteiger partial charge in [-0.2, -0.15) is 0 Å². The first-order valence-corrected chi connectivity index (χ1v) is 8.55. The molecule has 1 nitrogen and oxygen atoms in total. The van der Waals surface area contributed by atoms with E-state index in [1.165, 1.54) is 56.1 Å². The molecule has 1 fully saturated rings. The summed E-state index contributed by atoms with van der Waals surface area (Å²) in [6.07, 6.45) is 9.34. The molecule has 0 amide bonds. The molecule has 1 N–H and O–H groups in total. The van der Waals surface area contributed by atoms with E-state index in [1.54, 1.807) is 0 Å². The third-order valence-corrected chi connectivity index (χ3v) is 4.70. The van der Waals surface area contributed by atoms with Gasteiger partial charge in [-0.25, -0.2) is 0 Å². The number of hydrogen-bond acceptors (Lipinski definition) is 1. The lowest BCUT2D eigenvalue weighted by molar-refractivity contribution is 0.251. The lowest BCUT2D eigenvalue weighted by Gasteiger charge is -2.39. The van der Waals surface area contributed by atoms with E-state index in [0.29, 0.717) is 0 Å². The zero-order chi connectivity index (χ0) is 14.4. The Balaban J connectivity index is 1.75. The molecule has 1 aliphatic rings. The molecule has 0 saturated heterocycles. The molecule has 1 saturated carbocycles. The van der Waals surface area contributed by atoms with Crippen LogP contribution in [0.4, 0.5) is 0 Å². The van der Waals surface area contributed by atoms with Gasteiger partial charge in [0.1, 0.15) is 0 Å². The minimum absolute atomic E-state index is 0.754. The van der Waals surface area contributed by atoms with Crippen LogP contribution in [0, 0.1) is 6.92 Å². The fourth-order valence-corrected chi connectivity index (χ4v) is 3.31. The van der Waals surface area contributed by atoms with E-state index >= 15 is 0 Å². The van der Waals surface area contributed by atoms with Gasteiger partial charge in [-0.15, -0.1) is 0 Å². The number of benzene rings is 1. The first-order valence-electron chi connectivity index (χ1n) is 8.55.